The van der Waals surface area contributed by atoms with Crippen molar-refractivity contribution in [1.29, 1.82) is 0 Å². The predicted octanol–water partition coefficient (Wildman–Crippen LogP) is 3.65. The van der Waals surface area contributed by atoms with Crippen LogP contribution in [0, 0.1) is 11.8 Å². The zero-order chi connectivity index (χ0) is 16.1. The number of nitrogens with zero attached hydrogens (tertiary/aromatic N) is 1. The molecule has 0 amide bonds. The highest BCUT2D eigenvalue weighted by Crippen LogP contribution is 2.42. The van der Waals surface area contributed by atoms with Crippen molar-refractivity contribution in [1.82, 2.24) is 10.6 Å². The normalized spacial score (nSPS) is 32.6. The number of guanidine groups is 1. The molecule has 140 valence electrons. The number of nitrogens with one attached hydrogen (secondary N) is 2. The summed E-state index contributed by atoms with van der Waals surface area (Å²) in [4.78, 5) is 4.47. The molecule has 0 radical (unpaired) electrons. The minimum Gasteiger partial charge on any atom is -0.381 e. The number of ether oxygens (including phenoxy) is 1. The highest BCUT2D eigenvalue weighted by Gasteiger charge is 2.35. The van der Waals surface area contributed by atoms with E-state index >= 15 is 0 Å². The van der Waals surface area contributed by atoms with Crippen molar-refractivity contribution in [3.05, 3.63) is 0 Å². The van der Waals surface area contributed by atoms with E-state index in [1.165, 1.54) is 38.5 Å². The van der Waals surface area contributed by atoms with Crippen LogP contribution in [0.5, 0.6) is 0 Å². The van der Waals surface area contributed by atoms with Crippen LogP contribution in [0.25, 0.3) is 0 Å². The Bertz CT molecular complexity index is 415. The van der Waals surface area contributed by atoms with Crippen molar-refractivity contribution in [2.75, 3.05) is 33.1 Å². The van der Waals surface area contributed by atoms with Crippen LogP contribution in [0.3, 0.4) is 0 Å². The van der Waals surface area contributed by atoms with E-state index < -0.39 is 0 Å². The number of rotatable bonds is 4. The van der Waals surface area contributed by atoms with Crippen LogP contribution in [0.2, 0.25) is 0 Å². The molecular weight excluding hydrogens is 433 g/mol. The molecule has 4 nitrogen and oxygen atoms in total. The monoisotopic (exact) mass is 467 g/mol. The average molecular weight is 467 g/mol. The average Bonchev–Trinajstić information content (AvgIpc) is 3.07. The minimum absolute atomic E-state index is 0. The molecule has 3 fully saturated rings. The second-order valence-electron chi connectivity index (χ2n) is 7.53. The summed E-state index contributed by atoms with van der Waals surface area (Å²) in [6.45, 7) is 2.76. The fourth-order valence-electron chi connectivity index (χ4n) is 4.66. The zero-order valence-corrected chi connectivity index (χ0v) is 18.3. The Labute approximate surface area is 168 Å². The number of aliphatic imine (C=N–C) groups is 1. The Hall–Kier alpha value is 0.310. The summed E-state index contributed by atoms with van der Waals surface area (Å²) >= 11 is 1.98. The Balaban J connectivity index is 0.00000208. The third kappa shape index (κ3) is 5.16. The van der Waals surface area contributed by atoms with Crippen molar-refractivity contribution in [2.45, 2.75) is 62.2 Å². The van der Waals surface area contributed by atoms with Crippen molar-refractivity contribution >= 4 is 41.7 Å². The first-order valence-corrected chi connectivity index (χ1v) is 10.6. The Kier molecular flexibility index (Phi) is 8.47. The van der Waals surface area contributed by atoms with Crippen molar-refractivity contribution in [2.24, 2.45) is 16.8 Å². The van der Waals surface area contributed by atoms with E-state index in [1.807, 2.05) is 18.8 Å². The van der Waals surface area contributed by atoms with Gasteiger partial charge in [-0.05, 0) is 50.2 Å². The number of halogens is 1. The molecule has 3 unspecified atom stereocenters. The zero-order valence-electron chi connectivity index (χ0n) is 15.2. The maximum Gasteiger partial charge on any atom is 0.191 e. The van der Waals surface area contributed by atoms with Gasteiger partial charge in [-0.2, -0.15) is 11.8 Å². The highest BCUT2D eigenvalue weighted by atomic mass is 127. The molecular formula is C18H34IN3OS. The van der Waals surface area contributed by atoms with E-state index in [4.69, 9.17) is 4.74 Å². The molecule has 6 heteroatoms. The molecule has 2 saturated carbocycles. The van der Waals surface area contributed by atoms with Crippen LogP contribution in [0.4, 0.5) is 0 Å². The van der Waals surface area contributed by atoms with E-state index in [0.29, 0.717) is 10.8 Å². The van der Waals surface area contributed by atoms with E-state index in [-0.39, 0.29) is 24.0 Å². The molecule has 0 spiro atoms. The number of fused-ring (bicyclic) bond motifs is 1. The van der Waals surface area contributed by atoms with Crippen LogP contribution in [-0.2, 0) is 4.74 Å². The van der Waals surface area contributed by atoms with Crippen LogP contribution < -0.4 is 10.6 Å². The van der Waals surface area contributed by atoms with Gasteiger partial charge in [0.25, 0.3) is 0 Å². The first kappa shape index (κ1) is 20.6. The lowest BCUT2D eigenvalue weighted by Gasteiger charge is -2.37. The summed E-state index contributed by atoms with van der Waals surface area (Å²) < 4.78 is 5.84. The van der Waals surface area contributed by atoms with E-state index in [1.54, 1.807) is 0 Å². The molecule has 2 N–H and O–H groups in total. The second kappa shape index (κ2) is 9.86. The summed E-state index contributed by atoms with van der Waals surface area (Å²) in [6.07, 6.45) is 12.9. The topological polar surface area (TPSA) is 45.7 Å². The van der Waals surface area contributed by atoms with Gasteiger partial charge in [-0.1, -0.05) is 19.3 Å². The van der Waals surface area contributed by atoms with Gasteiger partial charge in [0.15, 0.2) is 5.96 Å². The molecule has 1 heterocycles. The van der Waals surface area contributed by atoms with Gasteiger partial charge in [-0.15, -0.1) is 24.0 Å². The summed E-state index contributed by atoms with van der Waals surface area (Å²) in [5.41, 5.74) is 0. The van der Waals surface area contributed by atoms with Crippen molar-refractivity contribution in [3.63, 3.8) is 0 Å². The van der Waals surface area contributed by atoms with Gasteiger partial charge in [0.05, 0.1) is 0 Å². The fourth-order valence-corrected chi connectivity index (χ4v) is 5.45. The molecule has 2 aliphatic carbocycles. The lowest BCUT2D eigenvalue weighted by atomic mass is 9.79. The summed E-state index contributed by atoms with van der Waals surface area (Å²) in [5, 5.41) is 7.30. The Morgan fingerprint density at radius 3 is 2.62 bits per heavy atom. The Morgan fingerprint density at radius 1 is 1.17 bits per heavy atom. The molecule has 3 rings (SSSR count). The van der Waals surface area contributed by atoms with Gasteiger partial charge in [0.1, 0.15) is 0 Å². The molecule has 3 aliphatic rings. The predicted molar refractivity (Wildman–Crippen MR) is 115 cm³/mol. The Morgan fingerprint density at radius 2 is 1.92 bits per heavy atom. The van der Waals surface area contributed by atoms with E-state index in [9.17, 15) is 0 Å². The fraction of sp³-hybridized carbons (Fsp3) is 0.944. The van der Waals surface area contributed by atoms with Gasteiger partial charge >= 0.3 is 0 Å². The third-order valence-corrected chi connectivity index (χ3v) is 7.69. The van der Waals surface area contributed by atoms with Crippen molar-refractivity contribution in [3.8, 4) is 0 Å². The van der Waals surface area contributed by atoms with Gasteiger partial charge in [-0.25, -0.2) is 0 Å². The molecule has 0 aromatic rings. The first-order chi connectivity index (χ1) is 11.2. The van der Waals surface area contributed by atoms with Crippen molar-refractivity contribution < 1.29 is 4.74 Å². The molecule has 3 atom stereocenters. The molecule has 0 bridgehead atoms. The lowest BCUT2D eigenvalue weighted by molar-refractivity contribution is 0.0782. The van der Waals surface area contributed by atoms with Crippen LogP contribution >= 0.6 is 35.7 Å². The summed E-state index contributed by atoms with van der Waals surface area (Å²) in [7, 11) is 1.90. The molecule has 0 aromatic carbocycles. The van der Waals surface area contributed by atoms with Gasteiger partial charge in [0.2, 0.25) is 0 Å². The van der Waals surface area contributed by atoms with Crippen LogP contribution in [0.15, 0.2) is 4.99 Å². The first-order valence-electron chi connectivity index (χ1n) is 9.35. The number of hydrogen-bond donors (Lipinski definition) is 2. The summed E-state index contributed by atoms with van der Waals surface area (Å²) in [5.74, 6) is 2.98. The maximum atomic E-state index is 5.53. The number of thioether (sulfide) groups is 1. The smallest absolute Gasteiger partial charge is 0.191 e. The number of hydrogen-bond acceptors (Lipinski definition) is 3. The molecule has 24 heavy (non-hydrogen) atoms. The summed E-state index contributed by atoms with van der Waals surface area (Å²) in [6, 6.07) is 0.612. The van der Waals surface area contributed by atoms with Gasteiger partial charge in [0, 0.05) is 37.6 Å². The lowest BCUT2D eigenvalue weighted by Crippen LogP contribution is -2.51. The maximum absolute atomic E-state index is 5.53. The quantitative estimate of drug-likeness (QED) is 0.377. The SMILES string of the molecule is CN=C(NCC1(SC)CCOCC1)NC1CCC2CCCC2C1.I. The van der Waals surface area contributed by atoms with Gasteiger partial charge in [-0.3, -0.25) is 4.99 Å². The highest BCUT2D eigenvalue weighted by molar-refractivity contribution is 14.0. The molecule has 1 aliphatic heterocycles. The minimum atomic E-state index is 0. The van der Waals surface area contributed by atoms with E-state index in [0.717, 1.165) is 50.4 Å². The van der Waals surface area contributed by atoms with Gasteiger partial charge < -0.3 is 15.4 Å². The van der Waals surface area contributed by atoms with Crippen LogP contribution in [-0.4, -0.2) is 49.8 Å². The van der Waals surface area contributed by atoms with Crippen LogP contribution in [0.1, 0.15) is 51.4 Å². The third-order valence-electron chi connectivity index (χ3n) is 6.27. The van der Waals surface area contributed by atoms with E-state index in [2.05, 4.69) is 21.9 Å². The largest absolute Gasteiger partial charge is 0.381 e. The standard InChI is InChI=1S/C18H33N3OS.HI/c1-19-17(20-13-18(23-2)8-10-22-11-9-18)21-16-7-6-14-4-3-5-15(14)12-16;/h14-16H,3-13H2,1-2H3,(H2,19,20,21);1H. The molecule has 0 aromatic heterocycles. The molecule has 1 saturated heterocycles. The second-order valence-corrected chi connectivity index (χ2v) is 8.80.